The van der Waals surface area contributed by atoms with Crippen molar-refractivity contribution in [2.45, 2.75) is 58.5 Å². The molecule has 16 heavy (non-hydrogen) atoms. The second kappa shape index (κ2) is 6.86. The average molecular weight is 230 g/mol. The molecule has 0 aromatic carbocycles. The van der Waals surface area contributed by atoms with Gasteiger partial charge in [-0.15, -0.1) is 0 Å². The topological polar surface area (TPSA) is 75.3 Å². The minimum absolute atomic E-state index is 0.0735. The fourth-order valence-corrected chi connectivity index (χ4v) is 1.58. The molecule has 0 saturated carbocycles. The van der Waals surface area contributed by atoms with Crippen LogP contribution >= 0.6 is 0 Å². The summed E-state index contributed by atoms with van der Waals surface area (Å²) < 4.78 is 0. The Morgan fingerprint density at radius 1 is 1.50 bits per heavy atom. The molecule has 0 heterocycles. The van der Waals surface area contributed by atoms with Crippen molar-refractivity contribution in [2.75, 3.05) is 6.61 Å². The second-order valence-electron chi connectivity index (χ2n) is 5.11. The molecule has 0 fully saturated rings. The van der Waals surface area contributed by atoms with Crippen molar-refractivity contribution in [1.82, 2.24) is 5.32 Å². The molecule has 2 atom stereocenters. The largest absolute Gasteiger partial charge is 0.396 e. The lowest BCUT2D eigenvalue weighted by molar-refractivity contribution is -0.124. The van der Waals surface area contributed by atoms with Gasteiger partial charge in [-0.05, 0) is 32.1 Å². The summed E-state index contributed by atoms with van der Waals surface area (Å²) in [7, 11) is 0. The van der Waals surface area contributed by atoms with E-state index in [0.717, 1.165) is 6.42 Å². The average Bonchev–Trinajstić information content (AvgIpc) is 2.17. The van der Waals surface area contributed by atoms with Gasteiger partial charge in [-0.1, -0.05) is 20.8 Å². The van der Waals surface area contributed by atoms with Crippen LogP contribution in [0.3, 0.4) is 0 Å². The van der Waals surface area contributed by atoms with Crippen LogP contribution in [0, 0.1) is 5.92 Å². The van der Waals surface area contributed by atoms with E-state index < -0.39 is 6.04 Å². The number of hydrogen-bond acceptors (Lipinski definition) is 3. The maximum absolute atomic E-state index is 11.8. The zero-order valence-electron chi connectivity index (χ0n) is 10.9. The Morgan fingerprint density at radius 3 is 2.44 bits per heavy atom. The van der Waals surface area contributed by atoms with E-state index in [-0.39, 0.29) is 18.1 Å². The lowest BCUT2D eigenvalue weighted by atomic mass is 9.93. The highest BCUT2D eigenvalue weighted by molar-refractivity contribution is 5.82. The summed E-state index contributed by atoms with van der Waals surface area (Å²) in [5.74, 6) is 0.290. The Kier molecular flexibility index (Phi) is 6.60. The summed E-state index contributed by atoms with van der Waals surface area (Å²) in [5, 5.41) is 11.9. The van der Waals surface area contributed by atoms with E-state index in [2.05, 4.69) is 5.32 Å². The van der Waals surface area contributed by atoms with Gasteiger partial charge in [-0.2, -0.15) is 0 Å². The van der Waals surface area contributed by atoms with Gasteiger partial charge in [0.15, 0.2) is 0 Å². The minimum Gasteiger partial charge on any atom is -0.396 e. The molecular formula is C12H26N2O2. The minimum atomic E-state index is -0.454. The number of aliphatic hydroxyl groups excluding tert-OH is 1. The van der Waals surface area contributed by atoms with E-state index >= 15 is 0 Å². The zero-order chi connectivity index (χ0) is 12.8. The lowest BCUT2D eigenvalue weighted by Crippen LogP contribution is -2.52. The van der Waals surface area contributed by atoms with E-state index in [9.17, 15) is 4.79 Å². The molecule has 0 radical (unpaired) electrons. The number of aliphatic hydroxyl groups is 1. The summed E-state index contributed by atoms with van der Waals surface area (Å²) >= 11 is 0. The van der Waals surface area contributed by atoms with Crippen molar-refractivity contribution in [3.63, 3.8) is 0 Å². The molecule has 0 aromatic rings. The highest BCUT2D eigenvalue weighted by Crippen LogP contribution is 2.14. The first-order valence-corrected chi connectivity index (χ1v) is 6.03. The van der Waals surface area contributed by atoms with Crippen molar-refractivity contribution in [3.8, 4) is 0 Å². The molecular weight excluding hydrogens is 204 g/mol. The van der Waals surface area contributed by atoms with Crippen LogP contribution in [0.2, 0.25) is 0 Å². The van der Waals surface area contributed by atoms with Gasteiger partial charge in [-0.3, -0.25) is 4.79 Å². The van der Waals surface area contributed by atoms with Crippen LogP contribution in [0.1, 0.15) is 47.0 Å². The Labute approximate surface area is 98.6 Å². The standard InChI is InChI=1S/C12H26N2O2/c1-5-12(4,6-7-15)14-11(16)10(13)8-9(2)3/h9-10,15H,5-8,13H2,1-4H3,(H,14,16)/t10-,12?/m1/s1. The third-order valence-corrected chi connectivity index (χ3v) is 2.93. The van der Waals surface area contributed by atoms with Crippen LogP contribution in [0.15, 0.2) is 0 Å². The first kappa shape index (κ1) is 15.4. The Morgan fingerprint density at radius 2 is 2.06 bits per heavy atom. The van der Waals surface area contributed by atoms with E-state index in [1.54, 1.807) is 0 Å². The van der Waals surface area contributed by atoms with Gasteiger partial charge in [0, 0.05) is 12.1 Å². The first-order valence-electron chi connectivity index (χ1n) is 6.03. The van der Waals surface area contributed by atoms with Crippen molar-refractivity contribution in [2.24, 2.45) is 11.7 Å². The molecule has 0 aliphatic heterocycles. The van der Waals surface area contributed by atoms with E-state index in [4.69, 9.17) is 10.8 Å². The predicted octanol–water partition coefficient (Wildman–Crippen LogP) is 1.03. The smallest absolute Gasteiger partial charge is 0.237 e. The summed E-state index contributed by atoms with van der Waals surface area (Å²) in [5.41, 5.74) is 5.45. The summed E-state index contributed by atoms with van der Waals surface area (Å²) in [6.45, 7) is 8.08. The zero-order valence-corrected chi connectivity index (χ0v) is 10.9. The highest BCUT2D eigenvalue weighted by atomic mass is 16.3. The van der Waals surface area contributed by atoms with Crippen LogP contribution in [-0.4, -0.2) is 29.2 Å². The second-order valence-corrected chi connectivity index (χ2v) is 5.11. The molecule has 1 unspecified atom stereocenters. The number of carbonyl (C=O) groups is 1. The Bertz CT molecular complexity index is 219. The molecule has 0 aliphatic carbocycles. The monoisotopic (exact) mass is 230 g/mol. The number of nitrogens with one attached hydrogen (secondary N) is 1. The number of rotatable bonds is 7. The SMILES string of the molecule is CCC(C)(CCO)NC(=O)[C@H](N)CC(C)C. The first-order chi connectivity index (χ1) is 7.34. The van der Waals surface area contributed by atoms with Crippen molar-refractivity contribution in [3.05, 3.63) is 0 Å². The number of hydrogen-bond donors (Lipinski definition) is 3. The molecule has 4 heteroatoms. The Balaban J connectivity index is 4.29. The van der Waals surface area contributed by atoms with E-state index in [1.165, 1.54) is 0 Å². The summed E-state index contributed by atoms with van der Waals surface area (Å²) in [6.07, 6.45) is 2.03. The molecule has 0 rings (SSSR count). The van der Waals surface area contributed by atoms with E-state index in [0.29, 0.717) is 18.8 Å². The summed E-state index contributed by atoms with van der Waals surface area (Å²) in [6, 6.07) is -0.454. The van der Waals surface area contributed by atoms with E-state index in [1.807, 2.05) is 27.7 Å². The van der Waals surface area contributed by atoms with Gasteiger partial charge in [0.25, 0.3) is 0 Å². The molecule has 0 saturated heterocycles. The molecule has 0 aliphatic rings. The van der Waals surface area contributed by atoms with Gasteiger partial charge in [0.1, 0.15) is 0 Å². The van der Waals surface area contributed by atoms with Gasteiger partial charge >= 0.3 is 0 Å². The van der Waals surface area contributed by atoms with Gasteiger partial charge in [0.2, 0.25) is 5.91 Å². The molecule has 96 valence electrons. The molecule has 4 N–H and O–H groups in total. The normalized spacial score (nSPS) is 16.9. The van der Waals surface area contributed by atoms with Crippen molar-refractivity contribution in [1.29, 1.82) is 0 Å². The molecule has 4 nitrogen and oxygen atoms in total. The fourth-order valence-electron chi connectivity index (χ4n) is 1.58. The van der Waals surface area contributed by atoms with Gasteiger partial charge in [0.05, 0.1) is 6.04 Å². The van der Waals surface area contributed by atoms with Crippen LogP contribution < -0.4 is 11.1 Å². The van der Waals surface area contributed by atoms with Gasteiger partial charge in [-0.25, -0.2) is 0 Å². The van der Waals surface area contributed by atoms with Crippen LogP contribution in [-0.2, 0) is 4.79 Å². The Hall–Kier alpha value is -0.610. The highest BCUT2D eigenvalue weighted by Gasteiger charge is 2.26. The van der Waals surface area contributed by atoms with Crippen LogP contribution in [0.25, 0.3) is 0 Å². The molecule has 0 aromatic heterocycles. The van der Waals surface area contributed by atoms with Crippen LogP contribution in [0.5, 0.6) is 0 Å². The number of carbonyl (C=O) groups excluding carboxylic acids is 1. The quantitative estimate of drug-likeness (QED) is 0.611. The molecule has 0 bridgehead atoms. The van der Waals surface area contributed by atoms with Crippen molar-refractivity contribution >= 4 is 5.91 Å². The van der Waals surface area contributed by atoms with Crippen molar-refractivity contribution < 1.29 is 9.90 Å². The summed E-state index contributed by atoms with van der Waals surface area (Å²) in [4.78, 5) is 11.8. The third kappa shape index (κ3) is 5.47. The van der Waals surface area contributed by atoms with Gasteiger partial charge < -0.3 is 16.2 Å². The third-order valence-electron chi connectivity index (χ3n) is 2.93. The number of amides is 1. The maximum atomic E-state index is 11.8. The molecule has 0 spiro atoms. The maximum Gasteiger partial charge on any atom is 0.237 e. The molecule has 1 amide bonds. The number of nitrogens with two attached hydrogens (primary N) is 1. The lowest BCUT2D eigenvalue weighted by Gasteiger charge is -2.30. The van der Waals surface area contributed by atoms with Crippen LogP contribution in [0.4, 0.5) is 0 Å². The fraction of sp³-hybridized carbons (Fsp3) is 0.917. The predicted molar refractivity (Wildman–Crippen MR) is 66.0 cm³/mol.